The van der Waals surface area contributed by atoms with Gasteiger partial charge in [-0.1, -0.05) is 30.3 Å². The molecule has 0 bridgehead atoms. The number of aromatic amines is 1. The number of pyridine rings is 1. The summed E-state index contributed by atoms with van der Waals surface area (Å²) in [6.45, 7) is 2.67. The molecule has 6 rings (SSSR count). The Bertz CT molecular complexity index is 1600. The van der Waals surface area contributed by atoms with Crippen molar-refractivity contribution in [1.82, 2.24) is 9.97 Å². The number of rotatable bonds is 4. The molecule has 1 amide bonds. The van der Waals surface area contributed by atoms with Gasteiger partial charge in [0.1, 0.15) is 6.04 Å². The van der Waals surface area contributed by atoms with Crippen LogP contribution in [0.1, 0.15) is 11.4 Å². The number of fused-ring (bicyclic) bond motifs is 2. The van der Waals surface area contributed by atoms with Gasteiger partial charge < -0.3 is 15.2 Å². The van der Waals surface area contributed by atoms with Crippen molar-refractivity contribution in [2.75, 3.05) is 16.8 Å². The highest BCUT2D eigenvalue weighted by molar-refractivity contribution is 7.18. The third kappa shape index (κ3) is 3.54. The van der Waals surface area contributed by atoms with Crippen molar-refractivity contribution in [3.8, 4) is 11.1 Å². The Balaban J connectivity index is 1.22. The number of carbonyl (C=O) groups is 1. The number of benzene rings is 3. The first-order chi connectivity index (χ1) is 16.6. The zero-order valence-corrected chi connectivity index (χ0v) is 19.4. The number of anilines is 2. The van der Waals surface area contributed by atoms with Crippen LogP contribution in [0, 0.1) is 6.92 Å². The van der Waals surface area contributed by atoms with Gasteiger partial charge in [-0.2, -0.15) is 0 Å². The minimum absolute atomic E-state index is 0.0721. The fourth-order valence-corrected chi connectivity index (χ4v) is 5.54. The van der Waals surface area contributed by atoms with Crippen LogP contribution in [0.3, 0.4) is 0 Å². The third-order valence-electron chi connectivity index (χ3n) is 6.34. The average molecular weight is 467 g/mol. The maximum Gasteiger partial charge on any atom is 0.255 e. The second kappa shape index (κ2) is 8.11. The molecule has 3 aromatic carbocycles. The summed E-state index contributed by atoms with van der Waals surface area (Å²) in [7, 11) is 0. The van der Waals surface area contributed by atoms with E-state index < -0.39 is 0 Å². The van der Waals surface area contributed by atoms with Crippen LogP contribution in [0.2, 0.25) is 0 Å². The van der Waals surface area contributed by atoms with Crippen LogP contribution in [0.5, 0.6) is 0 Å². The number of nitrogens with zero attached hydrogens (tertiary/aromatic N) is 2. The molecule has 0 saturated carbocycles. The zero-order chi connectivity index (χ0) is 23.2. The molecule has 1 fully saturated rings. The summed E-state index contributed by atoms with van der Waals surface area (Å²) in [5.41, 5.74) is 4.66. The lowest BCUT2D eigenvalue weighted by atomic mass is 10.0. The van der Waals surface area contributed by atoms with Gasteiger partial charge in [0, 0.05) is 35.1 Å². The molecule has 2 aromatic heterocycles. The molecule has 1 aliphatic heterocycles. The van der Waals surface area contributed by atoms with Gasteiger partial charge in [0.2, 0.25) is 5.91 Å². The van der Waals surface area contributed by atoms with E-state index in [2.05, 4.69) is 21.4 Å². The van der Waals surface area contributed by atoms with Gasteiger partial charge >= 0.3 is 0 Å². The molecule has 5 aromatic rings. The third-order valence-corrected chi connectivity index (χ3v) is 7.27. The van der Waals surface area contributed by atoms with Crippen molar-refractivity contribution < 1.29 is 4.79 Å². The van der Waals surface area contributed by atoms with Crippen LogP contribution >= 0.6 is 11.3 Å². The molecule has 2 N–H and O–H groups in total. The van der Waals surface area contributed by atoms with E-state index in [1.165, 1.54) is 0 Å². The molecule has 0 aliphatic carbocycles. The Hall–Kier alpha value is -3.97. The number of hydrogen-bond acceptors (Lipinski definition) is 5. The summed E-state index contributed by atoms with van der Waals surface area (Å²) in [5.74, 6) is 0.0721. The molecule has 6 nitrogen and oxygen atoms in total. The maximum atomic E-state index is 13.2. The number of H-pyrrole nitrogens is 1. The predicted octanol–water partition coefficient (Wildman–Crippen LogP) is 5.33. The smallest absolute Gasteiger partial charge is 0.255 e. The SMILES string of the molecule is Cc1nc2ccc(NC3CCN(c4ccc(-c5c[nH]c(=O)c6ccccc56)cc4)C3=O)cc2s1. The lowest BCUT2D eigenvalue weighted by Gasteiger charge is -2.18. The molecule has 34 heavy (non-hydrogen) atoms. The van der Waals surface area contributed by atoms with Crippen LogP contribution in [-0.2, 0) is 4.79 Å². The van der Waals surface area contributed by atoms with Gasteiger partial charge in [0.25, 0.3) is 5.56 Å². The fourth-order valence-electron chi connectivity index (χ4n) is 4.67. The monoisotopic (exact) mass is 466 g/mol. The highest BCUT2D eigenvalue weighted by atomic mass is 32.1. The molecular formula is C27H22N4O2S. The standard InChI is InChI=1S/C27H22N4O2S/c1-16-29-23-11-8-18(14-25(23)34-16)30-24-12-13-31(27(24)33)19-9-6-17(7-10-19)22-15-28-26(32)21-5-3-2-4-20(21)22/h2-11,14-15,24,30H,12-13H2,1H3,(H,28,32). The number of amides is 1. The summed E-state index contributed by atoms with van der Waals surface area (Å²) in [6.07, 6.45) is 2.49. The molecule has 1 saturated heterocycles. The quantitative estimate of drug-likeness (QED) is 0.375. The average Bonchev–Trinajstić information content (AvgIpc) is 3.41. The second-order valence-corrected chi connectivity index (χ2v) is 9.75. The van der Waals surface area contributed by atoms with E-state index in [4.69, 9.17) is 0 Å². The van der Waals surface area contributed by atoms with Crippen LogP contribution in [0.15, 0.2) is 77.7 Å². The van der Waals surface area contributed by atoms with Crippen LogP contribution in [-0.4, -0.2) is 28.5 Å². The van der Waals surface area contributed by atoms with Crippen molar-refractivity contribution in [2.45, 2.75) is 19.4 Å². The van der Waals surface area contributed by atoms with E-state index in [-0.39, 0.29) is 17.5 Å². The Kier molecular flexibility index (Phi) is 4.92. The zero-order valence-electron chi connectivity index (χ0n) is 18.5. The molecule has 0 radical (unpaired) electrons. The van der Waals surface area contributed by atoms with E-state index in [0.717, 1.165) is 49.5 Å². The first-order valence-corrected chi connectivity index (χ1v) is 12.0. The summed E-state index contributed by atoms with van der Waals surface area (Å²) in [5, 5.41) is 6.02. The van der Waals surface area contributed by atoms with Gasteiger partial charge in [-0.25, -0.2) is 4.98 Å². The number of carbonyl (C=O) groups excluding carboxylic acids is 1. The topological polar surface area (TPSA) is 78.1 Å². The van der Waals surface area contributed by atoms with Crippen molar-refractivity contribution in [3.63, 3.8) is 0 Å². The van der Waals surface area contributed by atoms with Crippen LogP contribution < -0.4 is 15.8 Å². The van der Waals surface area contributed by atoms with Crippen molar-refractivity contribution >= 4 is 49.6 Å². The molecule has 1 atom stereocenters. The lowest BCUT2D eigenvalue weighted by Crippen LogP contribution is -2.33. The Morgan fingerprint density at radius 2 is 1.82 bits per heavy atom. The number of aromatic nitrogens is 2. The first-order valence-electron chi connectivity index (χ1n) is 11.2. The van der Waals surface area contributed by atoms with Gasteiger partial charge in [0.15, 0.2) is 0 Å². The van der Waals surface area contributed by atoms with Crippen LogP contribution in [0.4, 0.5) is 11.4 Å². The summed E-state index contributed by atoms with van der Waals surface area (Å²) >= 11 is 1.66. The van der Waals surface area contributed by atoms with Crippen LogP contribution in [0.25, 0.3) is 32.1 Å². The first kappa shape index (κ1) is 20.6. The Morgan fingerprint density at radius 1 is 1.03 bits per heavy atom. The summed E-state index contributed by atoms with van der Waals surface area (Å²) in [6, 6.07) is 21.3. The van der Waals surface area contributed by atoms with Crippen molar-refractivity contribution in [3.05, 3.63) is 88.3 Å². The molecule has 168 valence electrons. The molecule has 0 spiro atoms. The Morgan fingerprint density at radius 3 is 2.65 bits per heavy atom. The fraction of sp³-hybridized carbons (Fsp3) is 0.148. The van der Waals surface area contributed by atoms with Gasteiger partial charge in [-0.3, -0.25) is 9.59 Å². The lowest BCUT2D eigenvalue weighted by molar-refractivity contribution is -0.117. The molecule has 1 unspecified atom stereocenters. The minimum atomic E-state index is -0.255. The van der Waals surface area contributed by atoms with Crippen molar-refractivity contribution in [2.24, 2.45) is 0 Å². The van der Waals surface area contributed by atoms with Crippen molar-refractivity contribution in [1.29, 1.82) is 0 Å². The molecular weight excluding hydrogens is 444 g/mol. The van der Waals surface area contributed by atoms with E-state index >= 15 is 0 Å². The normalized spacial score (nSPS) is 16.0. The number of aryl methyl sites for hydroxylation is 1. The highest BCUT2D eigenvalue weighted by Crippen LogP contribution is 2.31. The van der Waals surface area contributed by atoms with E-state index in [0.29, 0.717) is 11.9 Å². The second-order valence-electron chi connectivity index (χ2n) is 8.51. The Labute approximate surface area is 199 Å². The molecule has 1 aliphatic rings. The number of hydrogen-bond donors (Lipinski definition) is 2. The van der Waals surface area contributed by atoms with Gasteiger partial charge in [0.05, 0.1) is 15.2 Å². The maximum absolute atomic E-state index is 13.2. The minimum Gasteiger partial charge on any atom is -0.374 e. The highest BCUT2D eigenvalue weighted by Gasteiger charge is 2.32. The van der Waals surface area contributed by atoms with Gasteiger partial charge in [-0.05, 0) is 60.7 Å². The van der Waals surface area contributed by atoms with E-state index in [1.807, 2.05) is 72.5 Å². The van der Waals surface area contributed by atoms with Gasteiger partial charge in [-0.15, -0.1) is 11.3 Å². The number of nitrogens with one attached hydrogen (secondary N) is 2. The summed E-state index contributed by atoms with van der Waals surface area (Å²) < 4.78 is 1.12. The molecule has 7 heteroatoms. The number of thiazole rings is 1. The predicted molar refractivity (Wildman–Crippen MR) is 139 cm³/mol. The van der Waals surface area contributed by atoms with E-state index in [9.17, 15) is 9.59 Å². The summed E-state index contributed by atoms with van der Waals surface area (Å²) in [4.78, 5) is 34.5. The molecule has 3 heterocycles. The largest absolute Gasteiger partial charge is 0.374 e. The van der Waals surface area contributed by atoms with E-state index in [1.54, 1.807) is 17.5 Å².